The first-order chi connectivity index (χ1) is 11.8. The van der Waals surface area contributed by atoms with Crippen molar-refractivity contribution < 1.29 is 4.79 Å². The fourth-order valence-electron chi connectivity index (χ4n) is 2.49. The van der Waals surface area contributed by atoms with E-state index in [-0.39, 0.29) is 6.03 Å². The monoisotopic (exact) mass is 336 g/mol. The van der Waals surface area contributed by atoms with Crippen LogP contribution in [0.3, 0.4) is 0 Å². The predicted molar refractivity (Wildman–Crippen MR) is 100 cm³/mol. The number of carbonyl (C=O) groups is 1. The molecule has 3 rings (SSSR count). The maximum Gasteiger partial charge on any atom is 0.322 e. The lowest BCUT2D eigenvalue weighted by molar-refractivity contribution is 0.210. The smallest absolute Gasteiger partial charge is 0.320 e. The minimum absolute atomic E-state index is 0.0664. The Kier molecular flexibility index (Phi) is 5.64. The molecule has 0 aliphatic carbocycles. The van der Waals surface area contributed by atoms with Crippen LogP contribution in [0.1, 0.15) is 11.1 Å². The summed E-state index contributed by atoms with van der Waals surface area (Å²) >= 11 is 1.65. The molecule has 0 saturated heterocycles. The highest BCUT2D eigenvalue weighted by molar-refractivity contribution is 7.07. The predicted octanol–water partition coefficient (Wildman–Crippen LogP) is 5.02. The van der Waals surface area contributed by atoms with Crippen molar-refractivity contribution in [3.05, 3.63) is 88.6 Å². The molecule has 1 heterocycles. The van der Waals surface area contributed by atoms with E-state index in [1.54, 1.807) is 11.3 Å². The van der Waals surface area contributed by atoms with E-state index in [1.807, 2.05) is 58.8 Å². The molecule has 0 spiro atoms. The van der Waals surface area contributed by atoms with Gasteiger partial charge in [0, 0.05) is 18.8 Å². The van der Waals surface area contributed by atoms with Gasteiger partial charge < -0.3 is 10.2 Å². The summed E-state index contributed by atoms with van der Waals surface area (Å²) in [6.07, 6.45) is 0.840. The molecular weight excluding hydrogens is 316 g/mol. The standard InChI is InChI=1S/C20H20N2OS/c23-20(21-19-9-5-2-6-10-19)22(15-18-12-14-24-16-18)13-11-17-7-3-1-4-8-17/h1-10,12,14,16H,11,13,15H2,(H,21,23). The lowest BCUT2D eigenvalue weighted by Gasteiger charge is -2.23. The number of nitrogens with zero attached hydrogens (tertiary/aromatic N) is 1. The largest absolute Gasteiger partial charge is 0.322 e. The number of para-hydroxylation sites is 1. The fraction of sp³-hybridized carbons (Fsp3) is 0.150. The first-order valence-electron chi connectivity index (χ1n) is 7.97. The lowest BCUT2D eigenvalue weighted by Crippen LogP contribution is -2.36. The Bertz CT molecular complexity index is 742. The van der Waals surface area contributed by atoms with Gasteiger partial charge in [-0.3, -0.25) is 0 Å². The van der Waals surface area contributed by atoms with Crippen LogP contribution in [0.5, 0.6) is 0 Å². The van der Waals surface area contributed by atoms with Crippen LogP contribution in [0.4, 0.5) is 10.5 Å². The Morgan fingerprint density at radius 2 is 1.62 bits per heavy atom. The molecule has 4 heteroatoms. The van der Waals surface area contributed by atoms with Crippen molar-refractivity contribution in [3.63, 3.8) is 0 Å². The number of hydrogen-bond donors (Lipinski definition) is 1. The summed E-state index contributed by atoms with van der Waals surface area (Å²) in [5.41, 5.74) is 3.22. The van der Waals surface area contributed by atoms with Crippen molar-refractivity contribution >= 4 is 23.1 Å². The van der Waals surface area contributed by atoms with Gasteiger partial charge in [-0.2, -0.15) is 11.3 Å². The molecule has 1 N–H and O–H groups in total. The number of amides is 2. The van der Waals surface area contributed by atoms with E-state index in [4.69, 9.17) is 0 Å². The van der Waals surface area contributed by atoms with Crippen LogP contribution in [0.15, 0.2) is 77.5 Å². The van der Waals surface area contributed by atoms with Gasteiger partial charge >= 0.3 is 6.03 Å². The number of anilines is 1. The Morgan fingerprint density at radius 3 is 2.29 bits per heavy atom. The number of nitrogens with one attached hydrogen (secondary N) is 1. The molecular formula is C20H20N2OS. The number of urea groups is 1. The van der Waals surface area contributed by atoms with Gasteiger partial charge in [0.2, 0.25) is 0 Å². The number of benzene rings is 2. The van der Waals surface area contributed by atoms with Gasteiger partial charge in [-0.25, -0.2) is 4.79 Å². The molecule has 24 heavy (non-hydrogen) atoms. The Morgan fingerprint density at radius 1 is 0.917 bits per heavy atom. The highest BCUT2D eigenvalue weighted by atomic mass is 32.1. The van der Waals surface area contributed by atoms with E-state index < -0.39 is 0 Å². The zero-order valence-corrected chi connectivity index (χ0v) is 14.2. The molecule has 0 unspecified atom stereocenters. The summed E-state index contributed by atoms with van der Waals surface area (Å²) in [5, 5.41) is 7.11. The summed E-state index contributed by atoms with van der Waals surface area (Å²) in [6, 6.07) is 21.8. The molecule has 0 atom stereocenters. The third kappa shape index (κ3) is 4.70. The van der Waals surface area contributed by atoms with Crippen LogP contribution in [-0.4, -0.2) is 17.5 Å². The van der Waals surface area contributed by atoms with Crippen LogP contribution in [0, 0.1) is 0 Å². The van der Waals surface area contributed by atoms with E-state index in [9.17, 15) is 4.79 Å². The summed E-state index contributed by atoms with van der Waals surface area (Å²) in [5.74, 6) is 0. The van der Waals surface area contributed by atoms with Crippen molar-refractivity contribution in [1.82, 2.24) is 4.90 Å². The zero-order chi connectivity index (χ0) is 16.6. The van der Waals surface area contributed by atoms with Gasteiger partial charge in [0.05, 0.1) is 0 Å². The molecule has 1 aromatic heterocycles. The van der Waals surface area contributed by atoms with Crippen molar-refractivity contribution in [3.8, 4) is 0 Å². The fourth-order valence-corrected chi connectivity index (χ4v) is 3.15. The maximum atomic E-state index is 12.7. The van der Waals surface area contributed by atoms with Gasteiger partial charge in [0.15, 0.2) is 0 Å². The van der Waals surface area contributed by atoms with Crippen molar-refractivity contribution in [2.24, 2.45) is 0 Å². The first-order valence-corrected chi connectivity index (χ1v) is 8.91. The molecule has 2 aromatic carbocycles. The minimum Gasteiger partial charge on any atom is -0.320 e. The van der Waals surface area contributed by atoms with Crippen LogP contribution >= 0.6 is 11.3 Å². The van der Waals surface area contributed by atoms with Crippen molar-refractivity contribution in [2.75, 3.05) is 11.9 Å². The van der Waals surface area contributed by atoms with Gasteiger partial charge in [-0.1, -0.05) is 48.5 Å². The maximum absolute atomic E-state index is 12.7. The second kappa shape index (κ2) is 8.31. The first kappa shape index (κ1) is 16.3. The molecule has 0 aliphatic rings. The molecule has 3 nitrogen and oxygen atoms in total. The topological polar surface area (TPSA) is 32.3 Å². The van der Waals surface area contributed by atoms with Crippen LogP contribution in [0.25, 0.3) is 0 Å². The Hall–Kier alpha value is -2.59. The highest BCUT2D eigenvalue weighted by Crippen LogP contribution is 2.13. The lowest BCUT2D eigenvalue weighted by atomic mass is 10.1. The molecule has 0 aliphatic heterocycles. The molecule has 0 fully saturated rings. The number of carbonyl (C=O) groups excluding carboxylic acids is 1. The molecule has 0 bridgehead atoms. The van der Waals surface area contributed by atoms with Gasteiger partial charge in [0.25, 0.3) is 0 Å². The van der Waals surface area contributed by atoms with Crippen LogP contribution < -0.4 is 5.32 Å². The zero-order valence-electron chi connectivity index (χ0n) is 13.4. The van der Waals surface area contributed by atoms with Crippen LogP contribution in [-0.2, 0) is 13.0 Å². The average molecular weight is 336 g/mol. The molecule has 122 valence electrons. The summed E-state index contributed by atoms with van der Waals surface area (Å²) in [4.78, 5) is 14.5. The number of thiophene rings is 1. The summed E-state index contributed by atoms with van der Waals surface area (Å²) < 4.78 is 0. The van der Waals surface area contributed by atoms with E-state index in [1.165, 1.54) is 5.56 Å². The van der Waals surface area contributed by atoms with Crippen molar-refractivity contribution in [1.29, 1.82) is 0 Å². The van der Waals surface area contributed by atoms with E-state index in [0.29, 0.717) is 13.1 Å². The second-order valence-electron chi connectivity index (χ2n) is 5.58. The Labute approximate surface area is 146 Å². The highest BCUT2D eigenvalue weighted by Gasteiger charge is 2.14. The molecule has 3 aromatic rings. The van der Waals surface area contributed by atoms with E-state index >= 15 is 0 Å². The Balaban J connectivity index is 1.67. The summed E-state index contributed by atoms with van der Waals surface area (Å²) in [6.45, 7) is 1.30. The molecule has 2 amide bonds. The minimum atomic E-state index is -0.0664. The molecule has 0 saturated carbocycles. The van der Waals surface area contributed by atoms with Gasteiger partial charge in [0.1, 0.15) is 0 Å². The SMILES string of the molecule is O=C(Nc1ccccc1)N(CCc1ccccc1)Cc1ccsc1. The number of hydrogen-bond acceptors (Lipinski definition) is 2. The third-order valence-electron chi connectivity index (χ3n) is 3.78. The third-order valence-corrected chi connectivity index (χ3v) is 4.51. The van der Waals surface area contributed by atoms with Gasteiger partial charge in [-0.05, 0) is 46.5 Å². The van der Waals surface area contributed by atoms with E-state index in [2.05, 4.69) is 28.9 Å². The molecule has 0 radical (unpaired) electrons. The average Bonchev–Trinajstić information content (AvgIpc) is 3.13. The second-order valence-corrected chi connectivity index (χ2v) is 6.36. The normalized spacial score (nSPS) is 10.3. The van der Waals surface area contributed by atoms with Gasteiger partial charge in [-0.15, -0.1) is 0 Å². The van der Waals surface area contributed by atoms with Crippen molar-refractivity contribution in [2.45, 2.75) is 13.0 Å². The van der Waals surface area contributed by atoms with E-state index in [0.717, 1.165) is 17.7 Å². The number of rotatable bonds is 6. The quantitative estimate of drug-likeness (QED) is 0.673. The summed E-state index contributed by atoms with van der Waals surface area (Å²) in [7, 11) is 0. The van der Waals surface area contributed by atoms with Crippen LogP contribution in [0.2, 0.25) is 0 Å².